The number of carbonyl (C=O) groups is 2. The normalized spacial score (nSPS) is 10.5. The molecule has 0 aliphatic heterocycles. The van der Waals surface area contributed by atoms with Gasteiger partial charge in [-0.3, -0.25) is 4.79 Å². The van der Waals surface area contributed by atoms with Gasteiger partial charge in [-0.25, -0.2) is 4.79 Å². The molecular weight excluding hydrogens is 425 g/mol. The number of methoxy groups -OCH3 is 1. The van der Waals surface area contributed by atoms with E-state index in [2.05, 4.69) is 20.3 Å². The van der Waals surface area contributed by atoms with Crippen molar-refractivity contribution in [1.29, 1.82) is 0 Å². The number of amides is 1. The summed E-state index contributed by atoms with van der Waals surface area (Å²) < 4.78 is 10.2. The van der Waals surface area contributed by atoms with E-state index in [1.807, 2.05) is 0 Å². The Morgan fingerprint density at radius 3 is 2.61 bits per heavy atom. The van der Waals surface area contributed by atoms with Crippen molar-refractivity contribution in [3.8, 4) is 11.5 Å². The molecule has 144 valence electrons. The second-order valence-electron chi connectivity index (χ2n) is 5.40. The number of anilines is 1. The van der Waals surface area contributed by atoms with Crippen molar-refractivity contribution in [3.63, 3.8) is 0 Å². The van der Waals surface area contributed by atoms with Crippen LogP contribution in [0.25, 0.3) is 11.5 Å². The maximum atomic E-state index is 12.2. The van der Waals surface area contributed by atoms with Gasteiger partial charge in [-0.1, -0.05) is 35.0 Å². The van der Waals surface area contributed by atoms with E-state index in [0.717, 1.165) is 17.3 Å². The lowest BCUT2D eigenvalue weighted by Crippen LogP contribution is -2.14. The van der Waals surface area contributed by atoms with Crippen molar-refractivity contribution in [2.24, 2.45) is 0 Å². The number of esters is 1. The molecular formula is C18H13Cl2N3O4S. The first-order valence-corrected chi connectivity index (χ1v) is 9.60. The summed E-state index contributed by atoms with van der Waals surface area (Å²) in [6.45, 7) is 0. The topological polar surface area (TPSA) is 94.3 Å². The van der Waals surface area contributed by atoms with Gasteiger partial charge in [0.05, 0.1) is 23.4 Å². The van der Waals surface area contributed by atoms with Crippen molar-refractivity contribution in [2.75, 3.05) is 18.2 Å². The van der Waals surface area contributed by atoms with E-state index in [4.69, 9.17) is 27.6 Å². The summed E-state index contributed by atoms with van der Waals surface area (Å²) in [5, 5.41) is 11.6. The first-order valence-electron chi connectivity index (χ1n) is 7.86. The highest BCUT2D eigenvalue weighted by atomic mass is 35.5. The molecule has 0 spiro atoms. The number of nitrogens with one attached hydrogen (secondary N) is 1. The van der Waals surface area contributed by atoms with Gasteiger partial charge in [-0.05, 0) is 42.5 Å². The van der Waals surface area contributed by atoms with E-state index in [9.17, 15) is 9.59 Å². The Morgan fingerprint density at radius 2 is 1.89 bits per heavy atom. The zero-order valence-electron chi connectivity index (χ0n) is 14.4. The lowest BCUT2D eigenvalue weighted by Gasteiger charge is -2.07. The zero-order chi connectivity index (χ0) is 20.1. The van der Waals surface area contributed by atoms with Crippen LogP contribution in [-0.4, -0.2) is 34.9 Å². The van der Waals surface area contributed by atoms with Crippen LogP contribution < -0.4 is 5.32 Å². The average Bonchev–Trinajstić information content (AvgIpc) is 3.17. The molecule has 1 aromatic heterocycles. The number of aromatic nitrogens is 2. The number of halogens is 2. The molecule has 0 radical (unpaired) electrons. The minimum absolute atomic E-state index is 0.0401. The van der Waals surface area contributed by atoms with Crippen molar-refractivity contribution < 1.29 is 18.7 Å². The standard InChI is InChI=1S/C18H13Cl2N3O4S/c1-26-17(25)13-8-12(6-7-14(13)20)21-15(24)9-28-18-23-22-16(27-18)10-2-4-11(19)5-3-10/h2-8H,9H2,1H3,(H,21,24). The average molecular weight is 438 g/mol. The maximum Gasteiger partial charge on any atom is 0.339 e. The Morgan fingerprint density at radius 1 is 1.14 bits per heavy atom. The van der Waals surface area contributed by atoms with Gasteiger partial charge in [-0.2, -0.15) is 0 Å². The Kier molecular flexibility index (Phi) is 6.56. The highest BCUT2D eigenvalue weighted by Crippen LogP contribution is 2.25. The smallest absolute Gasteiger partial charge is 0.339 e. The van der Waals surface area contributed by atoms with E-state index < -0.39 is 5.97 Å². The predicted octanol–water partition coefficient (Wildman–Crippen LogP) is 4.56. The molecule has 1 heterocycles. The number of hydrogen-bond donors (Lipinski definition) is 1. The van der Waals surface area contributed by atoms with Gasteiger partial charge in [0.25, 0.3) is 5.22 Å². The summed E-state index contributed by atoms with van der Waals surface area (Å²) in [4.78, 5) is 23.8. The lowest BCUT2D eigenvalue weighted by atomic mass is 10.2. The van der Waals surface area contributed by atoms with Crippen LogP contribution >= 0.6 is 35.0 Å². The van der Waals surface area contributed by atoms with Gasteiger partial charge in [0.2, 0.25) is 11.8 Å². The molecule has 10 heteroatoms. The Labute approximate surface area is 174 Å². The second-order valence-corrected chi connectivity index (χ2v) is 7.17. The molecule has 0 saturated carbocycles. The second kappa shape index (κ2) is 9.09. The Hall–Kier alpha value is -2.55. The predicted molar refractivity (Wildman–Crippen MR) is 107 cm³/mol. The van der Waals surface area contributed by atoms with Crippen LogP contribution in [0, 0.1) is 0 Å². The molecule has 28 heavy (non-hydrogen) atoms. The molecule has 0 aliphatic rings. The van der Waals surface area contributed by atoms with E-state index >= 15 is 0 Å². The van der Waals surface area contributed by atoms with Gasteiger partial charge < -0.3 is 14.5 Å². The number of ether oxygens (including phenoxy) is 1. The quantitative estimate of drug-likeness (QED) is 0.445. The first kappa shape index (κ1) is 20.2. The van der Waals surface area contributed by atoms with Gasteiger partial charge in [0.1, 0.15) is 0 Å². The lowest BCUT2D eigenvalue weighted by molar-refractivity contribution is -0.113. The summed E-state index contributed by atoms with van der Waals surface area (Å²) in [6.07, 6.45) is 0. The van der Waals surface area contributed by atoms with Crippen LogP contribution in [0.1, 0.15) is 10.4 Å². The number of hydrogen-bond acceptors (Lipinski definition) is 7. The minimum atomic E-state index is -0.587. The summed E-state index contributed by atoms with van der Waals surface area (Å²) in [7, 11) is 1.25. The van der Waals surface area contributed by atoms with E-state index in [1.165, 1.54) is 19.2 Å². The molecule has 7 nitrogen and oxygen atoms in total. The molecule has 1 amide bonds. The number of nitrogens with zero attached hydrogens (tertiary/aromatic N) is 2. The molecule has 3 aromatic rings. The zero-order valence-corrected chi connectivity index (χ0v) is 16.8. The van der Waals surface area contributed by atoms with Crippen molar-refractivity contribution in [2.45, 2.75) is 5.22 Å². The third-order valence-corrected chi connectivity index (χ3v) is 4.88. The van der Waals surface area contributed by atoms with Crippen LogP contribution in [0.15, 0.2) is 52.1 Å². The molecule has 1 N–H and O–H groups in total. The monoisotopic (exact) mass is 437 g/mol. The summed E-state index contributed by atoms with van der Waals surface area (Å²) in [5.74, 6) is -0.524. The summed E-state index contributed by atoms with van der Waals surface area (Å²) >= 11 is 12.9. The van der Waals surface area contributed by atoms with Crippen LogP contribution in [-0.2, 0) is 9.53 Å². The highest BCUT2D eigenvalue weighted by Gasteiger charge is 2.14. The van der Waals surface area contributed by atoms with Crippen LogP contribution in [0.2, 0.25) is 10.0 Å². The Bertz CT molecular complexity index is 1010. The number of rotatable bonds is 6. The molecule has 3 rings (SSSR count). The minimum Gasteiger partial charge on any atom is -0.465 e. The summed E-state index contributed by atoms with van der Waals surface area (Å²) in [5.41, 5.74) is 1.31. The molecule has 0 aliphatic carbocycles. The Balaban J connectivity index is 1.59. The number of thioether (sulfide) groups is 1. The van der Waals surface area contributed by atoms with Gasteiger partial charge in [-0.15, -0.1) is 10.2 Å². The number of benzene rings is 2. The van der Waals surface area contributed by atoms with Gasteiger partial charge in [0.15, 0.2) is 0 Å². The van der Waals surface area contributed by atoms with E-state index in [1.54, 1.807) is 30.3 Å². The SMILES string of the molecule is COC(=O)c1cc(NC(=O)CSc2nnc(-c3ccc(Cl)cc3)o2)ccc1Cl. The molecule has 0 atom stereocenters. The van der Waals surface area contributed by atoms with Crippen LogP contribution in [0.3, 0.4) is 0 Å². The molecule has 0 unspecified atom stereocenters. The maximum absolute atomic E-state index is 12.2. The van der Waals surface area contributed by atoms with Crippen molar-refractivity contribution in [1.82, 2.24) is 10.2 Å². The fourth-order valence-electron chi connectivity index (χ4n) is 2.17. The first-order chi connectivity index (χ1) is 13.5. The third-order valence-electron chi connectivity index (χ3n) is 3.48. The van der Waals surface area contributed by atoms with Crippen molar-refractivity contribution >= 4 is 52.5 Å². The van der Waals surface area contributed by atoms with Gasteiger partial charge in [0, 0.05) is 16.3 Å². The number of carbonyl (C=O) groups excluding carboxylic acids is 2. The van der Waals surface area contributed by atoms with E-state index in [-0.39, 0.29) is 27.5 Å². The van der Waals surface area contributed by atoms with Crippen LogP contribution in [0.5, 0.6) is 0 Å². The largest absolute Gasteiger partial charge is 0.465 e. The van der Waals surface area contributed by atoms with Crippen LogP contribution in [0.4, 0.5) is 5.69 Å². The molecule has 0 saturated heterocycles. The summed E-state index contributed by atoms with van der Waals surface area (Å²) in [6, 6.07) is 11.5. The van der Waals surface area contributed by atoms with E-state index in [0.29, 0.717) is 16.6 Å². The fourth-order valence-corrected chi connectivity index (χ4v) is 3.05. The van der Waals surface area contributed by atoms with Gasteiger partial charge >= 0.3 is 5.97 Å². The molecule has 0 bridgehead atoms. The molecule has 0 fully saturated rings. The highest BCUT2D eigenvalue weighted by molar-refractivity contribution is 7.99. The molecule has 2 aromatic carbocycles. The fraction of sp³-hybridized carbons (Fsp3) is 0.111. The van der Waals surface area contributed by atoms with Crippen molar-refractivity contribution in [3.05, 3.63) is 58.1 Å². The third kappa shape index (κ3) is 5.03.